The number of fused-ring (bicyclic) bond motifs is 5. The second kappa shape index (κ2) is 6.19. The summed E-state index contributed by atoms with van der Waals surface area (Å²) in [7, 11) is 0. The molecular formula is C22H28O4. The van der Waals surface area contributed by atoms with E-state index in [0.29, 0.717) is 36.5 Å². The summed E-state index contributed by atoms with van der Waals surface area (Å²) in [4.78, 5) is 22.8. The quantitative estimate of drug-likeness (QED) is 0.757. The Bertz CT molecular complexity index is 718. The van der Waals surface area contributed by atoms with E-state index in [-0.39, 0.29) is 11.2 Å². The molecule has 4 aliphatic carbocycles. The minimum Gasteiger partial charge on any atom is -0.478 e. The van der Waals surface area contributed by atoms with Crippen LogP contribution in [0.15, 0.2) is 36.0 Å². The lowest BCUT2D eigenvalue weighted by Crippen LogP contribution is -2.52. The lowest BCUT2D eigenvalue weighted by molar-refractivity contribution is -0.132. The minimum atomic E-state index is -1.03. The predicted molar refractivity (Wildman–Crippen MR) is 98.3 cm³/mol. The number of carboxylic acid groups (broad SMARTS) is 1. The maximum absolute atomic E-state index is 11.8. The fraction of sp³-hybridized carbons (Fsp3) is 0.636. The Morgan fingerprint density at radius 2 is 2.12 bits per heavy atom. The van der Waals surface area contributed by atoms with Gasteiger partial charge in [0.15, 0.2) is 5.78 Å². The van der Waals surface area contributed by atoms with Gasteiger partial charge in [0.05, 0.1) is 5.60 Å². The average molecular weight is 356 g/mol. The normalized spacial score (nSPS) is 44.4. The molecule has 0 aromatic heterocycles. The number of carbonyl (C=O) groups is 2. The van der Waals surface area contributed by atoms with Crippen LogP contribution in [-0.4, -0.2) is 27.6 Å². The third kappa shape index (κ3) is 2.45. The molecular weight excluding hydrogens is 328 g/mol. The van der Waals surface area contributed by atoms with Gasteiger partial charge in [-0.2, -0.15) is 0 Å². The first-order valence-corrected chi connectivity index (χ1v) is 9.97. The third-order valence-corrected chi connectivity index (χ3v) is 7.91. The van der Waals surface area contributed by atoms with Gasteiger partial charge in [0.2, 0.25) is 0 Å². The van der Waals surface area contributed by atoms with E-state index in [2.05, 4.69) is 19.1 Å². The highest BCUT2D eigenvalue weighted by Crippen LogP contribution is 2.65. The summed E-state index contributed by atoms with van der Waals surface area (Å²) in [5.74, 6) is 1.07. The number of rotatable bonds is 3. The van der Waals surface area contributed by atoms with Gasteiger partial charge in [0.1, 0.15) is 0 Å². The molecule has 0 aromatic rings. The Morgan fingerprint density at radius 3 is 2.85 bits per heavy atom. The number of hydrogen-bond donors (Lipinski definition) is 2. The molecule has 0 spiro atoms. The van der Waals surface area contributed by atoms with E-state index in [1.165, 1.54) is 5.57 Å². The lowest BCUT2D eigenvalue weighted by atomic mass is 9.51. The molecule has 6 atom stereocenters. The summed E-state index contributed by atoms with van der Waals surface area (Å²) in [6.45, 7) is 2.13. The second-order valence-corrected chi connectivity index (χ2v) is 8.65. The standard InChI is InChI=1S/C22H28O4/c1-2-21-10-7-17-16-6-4-15(23)13-14(16)3-5-18(17)19(21)8-11-22(21,26)12-9-20(24)25/h3,5,9,12-13,16-19,26H,2,4,6-8,10-11H2,1H3,(H,24,25)/b12-9-/t16-,17+,18+,19-,21-,22+/m0/s1. The molecule has 0 bridgehead atoms. The van der Waals surface area contributed by atoms with E-state index in [4.69, 9.17) is 5.11 Å². The first kappa shape index (κ1) is 17.7. The van der Waals surface area contributed by atoms with Crippen molar-refractivity contribution in [2.45, 2.75) is 57.5 Å². The van der Waals surface area contributed by atoms with Crippen LogP contribution in [-0.2, 0) is 9.59 Å². The van der Waals surface area contributed by atoms with E-state index in [9.17, 15) is 14.7 Å². The van der Waals surface area contributed by atoms with Crippen molar-refractivity contribution in [1.82, 2.24) is 0 Å². The smallest absolute Gasteiger partial charge is 0.328 e. The van der Waals surface area contributed by atoms with E-state index < -0.39 is 11.6 Å². The fourth-order valence-corrected chi connectivity index (χ4v) is 6.73. The van der Waals surface area contributed by atoms with Crippen molar-refractivity contribution in [3.05, 3.63) is 36.0 Å². The molecule has 4 aliphatic rings. The van der Waals surface area contributed by atoms with Crippen LogP contribution in [0.25, 0.3) is 0 Å². The summed E-state index contributed by atoms with van der Waals surface area (Å²) in [6, 6.07) is 0. The van der Waals surface area contributed by atoms with Crippen molar-refractivity contribution in [3.63, 3.8) is 0 Å². The van der Waals surface area contributed by atoms with Gasteiger partial charge in [-0.05, 0) is 79.9 Å². The van der Waals surface area contributed by atoms with Gasteiger partial charge in [-0.3, -0.25) is 4.79 Å². The van der Waals surface area contributed by atoms with Crippen LogP contribution in [0, 0.1) is 29.1 Å². The molecule has 0 radical (unpaired) electrons. The fourth-order valence-electron chi connectivity index (χ4n) is 6.73. The second-order valence-electron chi connectivity index (χ2n) is 8.65. The van der Waals surface area contributed by atoms with Crippen molar-refractivity contribution >= 4 is 11.8 Å². The molecule has 0 saturated heterocycles. The Balaban J connectivity index is 1.69. The molecule has 0 unspecified atom stereocenters. The zero-order valence-corrected chi connectivity index (χ0v) is 15.4. The zero-order chi connectivity index (χ0) is 18.5. The molecule has 0 aliphatic heterocycles. The zero-order valence-electron chi connectivity index (χ0n) is 15.4. The number of allylic oxidation sites excluding steroid dienone is 4. The Hall–Kier alpha value is -1.68. The molecule has 2 saturated carbocycles. The molecule has 140 valence electrons. The van der Waals surface area contributed by atoms with Crippen LogP contribution >= 0.6 is 0 Å². The Labute approximate surface area is 154 Å². The highest BCUT2D eigenvalue weighted by molar-refractivity contribution is 5.92. The predicted octanol–water partition coefficient (Wildman–Crippen LogP) is 3.67. The highest BCUT2D eigenvalue weighted by atomic mass is 16.4. The molecule has 0 amide bonds. The Morgan fingerprint density at radius 1 is 1.31 bits per heavy atom. The number of carboxylic acids is 1. The van der Waals surface area contributed by atoms with Crippen molar-refractivity contribution in [2.75, 3.05) is 0 Å². The number of aliphatic hydroxyl groups is 1. The van der Waals surface area contributed by atoms with Crippen molar-refractivity contribution in [1.29, 1.82) is 0 Å². The van der Waals surface area contributed by atoms with Crippen molar-refractivity contribution in [2.24, 2.45) is 29.1 Å². The third-order valence-electron chi connectivity index (χ3n) is 7.91. The van der Waals surface area contributed by atoms with Gasteiger partial charge in [-0.25, -0.2) is 4.79 Å². The monoisotopic (exact) mass is 356 g/mol. The molecule has 0 heterocycles. The van der Waals surface area contributed by atoms with Crippen LogP contribution in [0.1, 0.15) is 51.9 Å². The van der Waals surface area contributed by atoms with Crippen LogP contribution in [0.4, 0.5) is 0 Å². The summed E-state index contributed by atoms with van der Waals surface area (Å²) in [5.41, 5.74) is -0.0659. The maximum Gasteiger partial charge on any atom is 0.328 e. The van der Waals surface area contributed by atoms with Gasteiger partial charge < -0.3 is 10.2 Å². The molecule has 0 aromatic carbocycles. The minimum absolute atomic E-state index is 0.240. The summed E-state index contributed by atoms with van der Waals surface area (Å²) < 4.78 is 0. The molecule has 26 heavy (non-hydrogen) atoms. The summed E-state index contributed by atoms with van der Waals surface area (Å²) in [5, 5.41) is 20.4. The average Bonchev–Trinajstić information content (AvgIpc) is 2.93. The van der Waals surface area contributed by atoms with Crippen LogP contribution in [0.3, 0.4) is 0 Å². The summed E-state index contributed by atoms with van der Waals surface area (Å²) in [6.07, 6.45) is 15.0. The van der Waals surface area contributed by atoms with Gasteiger partial charge in [0.25, 0.3) is 0 Å². The SMILES string of the molecule is CC[C@]12CC[C@H]3[C@@H](C=CC4=CC(=O)CC[C@@H]43)[C@@H]1CC[C@@]2(O)/C=C\C(=O)O. The van der Waals surface area contributed by atoms with Gasteiger partial charge >= 0.3 is 5.97 Å². The number of aliphatic carboxylic acids is 1. The van der Waals surface area contributed by atoms with Crippen LogP contribution in [0.2, 0.25) is 0 Å². The van der Waals surface area contributed by atoms with Crippen LogP contribution < -0.4 is 0 Å². The lowest BCUT2D eigenvalue weighted by Gasteiger charge is -2.54. The van der Waals surface area contributed by atoms with E-state index in [1.807, 2.05) is 6.08 Å². The summed E-state index contributed by atoms with van der Waals surface area (Å²) >= 11 is 0. The van der Waals surface area contributed by atoms with Crippen molar-refractivity contribution in [3.8, 4) is 0 Å². The topological polar surface area (TPSA) is 74.6 Å². The number of carbonyl (C=O) groups excluding carboxylic acids is 1. The molecule has 4 rings (SSSR count). The first-order valence-electron chi connectivity index (χ1n) is 9.97. The van der Waals surface area contributed by atoms with E-state index >= 15 is 0 Å². The molecule has 4 nitrogen and oxygen atoms in total. The Kier molecular flexibility index (Phi) is 4.22. The first-order chi connectivity index (χ1) is 12.4. The number of ketones is 1. The highest BCUT2D eigenvalue weighted by Gasteiger charge is 2.62. The molecule has 2 fully saturated rings. The molecule has 2 N–H and O–H groups in total. The number of hydrogen-bond acceptors (Lipinski definition) is 3. The largest absolute Gasteiger partial charge is 0.478 e. The van der Waals surface area contributed by atoms with Crippen molar-refractivity contribution < 1.29 is 19.8 Å². The van der Waals surface area contributed by atoms with Gasteiger partial charge in [-0.1, -0.05) is 19.1 Å². The van der Waals surface area contributed by atoms with E-state index in [0.717, 1.165) is 38.2 Å². The van der Waals surface area contributed by atoms with E-state index in [1.54, 1.807) is 6.08 Å². The maximum atomic E-state index is 11.8. The van der Waals surface area contributed by atoms with Gasteiger partial charge in [0, 0.05) is 17.9 Å². The molecule has 4 heteroatoms. The van der Waals surface area contributed by atoms with Crippen LogP contribution in [0.5, 0.6) is 0 Å². The van der Waals surface area contributed by atoms with Gasteiger partial charge in [-0.15, -0.1) is 0 Å².